The maximum absolute atomic E-state index is 13.6. The van der Waals surface area contributed by atoms with Crippen LogP contribution in [0, 0.1) is 5.92 Å². The Morgan fingerprint density at radius 2 is 2.14 bits per heavy atom. The molecule has 0 spiro atoms. The Morgan fingerprint density at radius 3 is 2.83 bits per heavy atom. The molecule has 3 heterocycles. The number of nitrogens with one attached hydrogen (secondary N) is 2. The molecular formula is C25H35Cl2N7OS. The van der Waals surface area contributed by atoms with Crippen LogP contribution in [0.4, 0.5) is 10.5 Å². The lowest BCUT2D eigenvalue weighted by molar-refractivity contribution is 0.132. The van der Waals surface area contributed by atoms with Crippen LogP contribution in [0.3, 0.4) is 0 Å². The van der Waals surface area contributed by atoms with Crippen molar-refractivity contribution in [2.45, 2.75) is 69.6 Å². The summed E-state index contributed by atoms with van der Waals surface area (Å²) in [7, 11) is 0. The largest absolute Gasteiger partial charge is 0.325 e. The Morgan fingerprint density at radius 1 is 1.36 bits per heavy atom. The molecule has 3 fully saturated rings. The lowest BCUT2D eigenvalue weighted by Crippen LogP contribution is -2.54. The number of urea groups is 1. The van der Waals surface area contributed by atoms with Crippen molar-refractivity contribution >= 4 is 46.3 Å². The van der Waals surface area contributed by atoms with Gasteiger partial charge in [-0.15, -0.1) is 11.3 Å². The third-order valence-electron chi connectivity index (χ3n) is 8.12. The number of amides is 2. The van der Waals surface area contributed by atoms with Gasteiger partial charge in [-0.05, 0) is 57.6 Å². The predicted molar refractivity (Wildman–Crippen MR) is 146 cm³/mol. The van der Waals surface area contributed by atoms with Gasteiger partial charge in [-0.2, -0.15) is 0 Å². The highest BCUT2D eigenvalue weighted by Crippen LogP contribution is 2.66. The van der Waals surface area contributed by atoms with E-state index in [1.165, 1.54) is 4.88 Å². The van der Waals surface area contributed by atoms with Crippen LogP contribution in [0.15, 0.2) is 18.3 Å². The van der Waals surface area contributed by atoms with Gasteiger partial charge >= 0.3 is 6.03 Å². The second kappa shape index (κ2) is 10.7. The average Bonchev–Trinajstić information content (AvgIpc) is 3.18. The number of aromatic nitrogens is 2. The van der Waals surface area contributed by atoms with Crippen molar-refractivity contribution in [1.82, 2.24) is 25.1 Å². The number of rotatable bonds is 8. The molecule has 5 rings (SSSR count). The summed E-state index contributed by atoms with van der Waals surface area (Å²) in [5.74, 6) is 0.456. The predicted octanol–water partition coefficient (Wildman–Crippen LogP) is 4.33. The molecule has 2 aromatic rings. The molecule has 0 aromatic carbocycles. The molecule has 11 heteroatoms. The first kappa shape index (κ1) is 26.1. The zero-order valence-electron chi connectivity index (χ0n) is 20.8. The van der Waals surface area contributed by atoms with Crippen LogP contribution in [0.5, 0.6) is 0 Å². The molecule has 2 amide bonds. The van der Waals surface area contributed by atoms with E-state index in [0.717, 1.165) is 50.3 Å². The molecule has 2 aromatic heterocycles. The van der Waals surface area contributed by atoms with E-state index in [4.69, 9.17) is 28.9 Å². The number of carbonyl (C=O) groups is 1. The SMILES string of the molecule is C[C@@H]1CN[C@@H](C)CN1CCCN(C(=O)Nc1cc(Cl)nc(Cl)c1)[C@@H]1CC[C@]2(c3cnc(CN)s3)C[C@H]12. The summed E-state index contributed by atoms with van der Waals surface area (Å²) in [5, 5.41) is 8.08. The molecule has 1 saturated heterocycles. The summed E-state index contributed by atoms with van der Waals surface area (Å²) < 4.78 is 0. The van der Waals surface area contributed by atoms with E-state index in [9.17, 15) is 4.79 Å². The lowest BCUT2D eigenvalue weighted by atomic mass is 10.0. The Kier molecular flexibility index (Phi) is 7.77. The van der Waals surface area contributed by atoms with Crippen molar-refractivity contribution < 1.29 is 4.79 Å². The number of nitrogens with zero attached hydrogens (tertiary/aromatic N) is 4. The highest BCUT2D eigenvalue weighted by molar-refractivity contribution is 7.11. The van der Waals surface area contributed by atoms with Gasteiger partial charge in [0.05, 0.1) is 0 Å². The van der Waals surface area contributed by atoms with E-state index in [1.54, 1.807) is 23.5 Å². The van der Waals surface area contributed by atoms with E-state index in [-0.39, 0.29) is 27.8 Å². The maximum atomic E-state index is 13.6. The first-order valence-electron chi connectivity index (χ1n) is 12.8. The van der Waals surface area contributed by atoms with Gasteiger partial charge in [0.15, 0.2) is 0 Å². The Hall–Kier alpha value is -1.49. The topological polar surface area (TPSA) is 99.4 Å². The number of hydrogen-bond acceptors (Lipinski definition) is 7. The normalized spacial score (nSPS) is 29.7. The lowest BCUT2D eigenvalue weighted by Gasteiger charge is -2.38. The monoisotopic (exact) mass is 551 g/mol. The van der Waals surface area contributed by atoms with Gasteiger partial charge in [-0.3, -0.25) is 4.90 Å². The van der Waals surface area contributed by atoms with E-state index >= 15 is 0 Å². The molecule has 5 atom stereocenters. The van der Waals surface area contributed by atoms with E-state index in [2.05, 4.69) is 44.2 Å². The molecule has 196 valence electrons. The van der Waals surface area contributed by atoms with Crippen LogP contribution in [-0.4, -0.2) is 70.1 Å². The molecule has 36 heavy (non-hydrogen) atoms. The van der Waals surface area contributed by atoms with Gasteiger partial charge in [0.2, 0.25) is 0 Å². The molecule has 0 bridgehead atoms. The van der Waals surface area contributed by atoms with E-state index < -0.39 is 0 Å². The Balaban J connectivity index is 1.30. The minimum Gasteiger partial charge on any atom is -0.325 e. The van der Waals surface area contributed by atoms with Gasteiger partial charge in [0.1, 0.15) is 15.3 Å². The number of nitrogens with two attached hydrogens (primary N) is 1. The highest BCUT2D eigenvalue weighted by Gasteiger charge is 2.64. The number of piperazine rings is 1. The number of halogens is 2. The van der Waals surface area contributed by atoms with Crippen LogP contribution < -0.4 is 16.4 Å². The van der Waals surface area contributed by atoms with E-state index in [0.29, 0.717) is 36.8 Å². The maximum Gasteiger partial charge on any atom is 0.322 e. The summed E-state index contributed by atoms with van der Waals surface area (Å²) in [6.45, 7) is 8.68. The third-order valence-corrected chi connectivity index (χ3v) is 9.74. The van der Waals surface area contributed by atoms with Gasteiger partial charge < -0.3 is 21.3 Å². The summed E-state index contributed by atoms with van der Waals surface area (Å²) in [4.78, 5) is 28.0. The minimum absolute atomic E-state index is 0.102. The van der Waals surface area contributed by atoms with Crippen LogP contribution in [0.25, 0.3) is 0 Å². The zero-order chi connectivity index (χ0) is 25.4. The summed E-state index contributed by atoms with van der Waals surface area (Å²) >= 11 is 13.9. The van der Waals surface area contributed by atoms with Crippen LogP contribution in [0.2, 0.25) is 10.3 Å². The van der Waals surface area contributed by atoms with Crippen molar-refractivity contribution in [2.75, 3.05) is 31.5 Å². The molecular weight excluding hydrogens is 517 g/mol. The van der Waals surface area contributed by atoms with Crippen molar-refractivity contribution in [3.05, 3.63) is 38.5 Å². The quantitative estimate of drug-likeness (QED) is 0.422. The fourth-order valence-electron chi connectivity index (χ4n) is 6.15. The van der Waals surface area contributed by atoms with Crippen LogP contribution >= 0.6 is 34.5 Å². The molecule has 3 aliphatic rings. The Bertz CT molecular complexity index is 1080. The van der Waals surface area contributed by atoms with Crippen LogP contribution in [-0.2, 0) is 12.0 Å². The molecule has 2 aliphatic carbocycles. The molecule has 8 nitrogen and oxygen atoms in total. The zero-order valence-corrected chi connectivity index (χ0v) is 23.2. The average molecular weight is 553 g/mol. The van der Waals surface area contributed by atoms with Crippen LogP contribution in [0.1, 0.15) is 49.4 Å². The second-order valence-electron chi connectivity index (χ2n) is 10.5. The van der Waals surface area contributed by atoms with E-state index in [1.807, 2.05) is 6.20 Å². The van der Waals surface area contributed by atoms with Crippen molar-refractivity contribution in [2.24, 2.45) is 11.7 Å². The minimum atomic E-state index is -0.102. The van der Waals surface area contributed by atoms with Gasteiger partial charge in [0, 0.05) is 73.0 Å². The summed E-state index contributed by atoms with van der Waals surface area (Å²) in [6.07, 6.45) is 6.11. The second-order valence-corrected chi connectivity index (χ2v) is 12.4. The number of anilines is 1. The van der Waals surface area contributed by atoms with Gasteiger partial charge in [-0.25, -0.2) is 14.8 Å². The number of fused-ring (bicyclic) bond motifs is 1. The molecule has 1 aliphatic heterocycles. The number of hydrogen-bond donors (Lipinski definition) is 3. The standard InChI is InChI=1S/C25H35Cl2N7OS/c1-15-14-33(16(2)12-29-15)6-3-7-34(24(35)31-17-8-21(26)32-22(27)9-17)19-4-5-25(10-18(19)25)20-13-30-23(11-28)36-20/h8-9,13,15-16,18-19,29H,3-7,10-12,14,28H2,1-2H3,(H,31,32,35)/t15-,16+,18+,19+,25-/m0/s1. The first-order chi connectivity index (χ1) is 17.3. The fourth-order valence-corrected chi connectivity index (χ4v) is 7.70. The Labute approximate surface area is 226 Å². The molecule has 0 unspecified atom stereocenters. The van der Waals surface area contributed by atoms with Crippen molar-refractivity contribution in [3.63, 3.8) is 0 Å². The summed E-state index contributed by atoms with van der Waals surface area (Å²) in [5.41, 5.74) is 6.54. The highest BCUT2D eigenvalue weighted by atomic mass is 35.5. The van der Waals surface area contributed by atoms with Gasteiger partial charge in [-0.1, -0.05) is 23.2 Å². The smallest absolute Gasteiger partial charge is 0.322 e. The molecule has 0 radical (unpaired) electrons. The fraction of sp³-hybridized carbons (Fsp3) is 0.640. The molecule has 4 N–H and O–H groups in total. The first-order valence-corrected chi connectivity index (χ1v) is 14.4. The van der Waals surface area contributed by atoms with Crippen molar-refractivity contribution in [3.8, 4) is 0 Å². The van der Waals surface area contributed by atoms with Crippen molar-refractivity contribution in [1.29, 1.82) is 0 Å². The molecule has 2 saturated carbocycles. The summed E-state index contributed by atoms with van der Waals surface area (Å²) in [6, 6.07) is 4.34. The number of thiazole rings is 1. The third kappa shape index (κ3) is 5.37. The van der Waals surface area contributed by atoms with Gasteiger partial charge in [0.25, 0.3) is 0 Å². The number of pyridine rings is 1. The number of carbonyl (C=O) groups excluding carboxylic acids is 1.